The molecule has 0 saturated carbocycles. The molecule has 8 nitrogen and oxygen atoms in total. The number of aliphatic hydroxyl groups is 1. The summed E-state index contributed by atoms with van der Waals surface area (Å²) in [6.07, 6.45) is -0.462. The minimum absolute atomic E-state index is 0.00362. The lowest BCUT2D eigenvalue weighted by molar-refractivity contribution is -0.134. The van der Waals surface area contributed by atoms with Crippen molar-refractivity contribution in [3.63, 3.8) is 0 Å². The first-order chi connectivity index (χ1) is 17.9. The molecule has 0 unspecified atom stereocenters. The Kier molecular flexibility index (Phi) is 7.66. The molecule has 1 heterocycles. The Morgan fingerprint density at radius 1 is 1.08 bits per heavy atom. The highest BCUT2D eigenvalue weighted by atomic mass is 32.2. The molecular weight excluding hydrogens is 513 g/mol. The number of ketones is 1. The van der Waals surface area contributed by atoms with Crippen LogP contribution in [0, 0.1) is 5.82 Å². The predicted molar refractivity (Wildman–Crippen MR) is 141 cm³/mol. The van der Waals surface area contributed by atoms with Crippen LogP contribution in [-0.4, -0.2) is 51.8 Å². The van der Waals surface area contributed by atoms with E-state index in [0.717, 1.165) is 23.3 Å². The van der Waals surface area contributed by atoms with Crippen molar-refractivity contribution < 1.29 is 36.9 Å². The summed E-state index contributed by atoms with van der Waals surface area (Å²) in [5.41, 5.74) is 0.345. The number of methoxy groups -OCH3 is 2. The van der Waals surface area contributed by atoms with Crippen LogP contribution in [0.2, 0.25) is 0 Å². The molecule has 0 aliphatic carbocycles. The quantitative estimate of drug-likeness (QED) is 0.421. The maximum atomic E-state index is 14.1. The van der Waals surface area contributed by atoms with Gasteiger partial charge in [-0.1, -0.05) is 18.2 Å². The fourth-order valence-electron chi connectivity index (χ4n) is 4.20. The molecule has 0 bridgehead atoms. The molecule has 0 amide bonds. The average molecular weight is 544 g/mol. The lowest BCUT2D eigenvalue weighted by Crippen LogP contribution is -2.44. The molecule has 3 aromatic rings. The minimum Gasteiger partial charge on any atom is -0.497 e. The molecule has 0 spiro atoms. The van der Waals surface area contributed by atoms with Gasteiger partial charge in [-0.15, -0.1) is 0 Å². The molecule has 0 fully saturated rings. The van der Waals surface area contributed by atoms with Gasteiger partial charge in [0.2, 0.25) is 0 Å². The third kappa shape index (κ3) is 5.61. The molecule has 1 aliphatic heterocycles. The summed E-state index contributed by atoms with van der Waals surface area (Å²) in [5, 5.41) is 10.0. The second-order valence-corrected chi connectivity index (χ2v) is 11.4. The summed E-state index contributed by atoms with van der Waals surface area (Å²) in [4.78, 5) is 12.2. The van der Waals surface area contributed by atoms with Crippen molar-refractivity contribution in [3.05, 3.63) is 66.5 Å². The first-order valence-corrected chi connectivity index (χ1v) is 13.4. The van der Waals surface area contributed by atoms with Crippen LogP contribution in [0.25, 0.3) is 11.1 Å². The highest BCUT2D eigenvalue weighted by Crippen LogP contribution is 2.41. The molecule has 38 heavy (non-hydrogen) atoms. The molecule has 10 heteroatoms. The molecule has 1 aliphatic rings. The predicted octanol–water partition coefficient (Wildman–Crippen LogP) is 4.59. The molecule has 1 N–H and O–H groups in total. The maximum absolute atomic E-state index is 14.1. The fourth-order valence-corrected chi connectivity index (χ4v) is 5.71. The normalized spacial score (nSPS) is 15.4. The Hall–Kier alpha value is -3.63. The van der Waals surface area contributed by atoms with Gasteiger partial charge in [-0.2, -0.15) is 0 Å². The van der Waals surface area contributed by atoms with Gasteiger partial charge in [-0.25, -0.2) is 12.8 Å². The van der Waals surface area contributed by atoms with Gasteiger partial charge in [-0.3, -0.25) is 9.10 Å². The first-order valence-electron chi connectivity index (χ1n) is 12.0. The van der Waals surface area contributed by atoms with E-state index in [4.69, 9.17) is 14.2 Å². The Morgan fingerprint density at radius 3 is 2.50 bits per heavy atom. The van der Waals surface area contributed by atoms with Gasteiger partial charge in [0.15, 0.2) is 17.3 Å². The summed E-state index contributed by atoms with van der Waals surface area (Å²) in [5.74, 6) is -0.288. The van der Waals surface area contributed by atoms with E-state index in [1.165, 1.54) is 31.3 Å². The number of nitrogens with zero attached hydrogens (tertiary/aromatic N) is 1. The zero-order valence-corrected chi connectivity index (χ0v) is 22.4. The van der Waals surface area contributed by atoms with Crippen molar-refractivity contribution >= 4 is 21.5 Å². The van der Waals surface area contributed by atoms with Crippen LogP contribution in [0.4, 0.5) is 10.1 Å². The van der Waals surface area contributed by atoms with Crippen molar-refractivity contribution in [2.75, 3.05) is 25.1 Å². The van der Waals surface area contributed by atoms with Crippen molar-refractivity contribution in [1.29, 1.82) is 0 Å². The van der Waals surface area contributed by atoms with Gasteiger partial charge in [0.05, 0.1) is 31.3 Å². The summed E-state index contributed by atoms with van der Waals surface area (Å²) >= 11 is 0. The van der Waals surface area contributed by atoms with E-state index in [2.05, 4.69) is 0 Å². The fraction of sp³-hybridized carbons (Fsp3) is 0.321. The number of fused-ring (bicyclic) bond motifs is 1. The molecule has 4 rings (SSSR count). The maximum Gasteiger partial charge on any atom is 0.264 e. The van der Waals surface area contributed by atoms with E-state index < -0.39 is 27.5 Å². The lowest BCUT2D eigenvalue weighted by atomic mass is 9.97. The Morgan fingerprint density at radius 2 is 1.82 bits per heavy atom. The molecule has 0 aromatic heterocycles. The van der Waals surface area contributed by atoms with Crippen molar-refractivity contribution in [3.8, 4) is 28.4 Å². The van der Waals surface area contributed by atoms with E-state index in [1.54, 1.807) is 19.2 Å². The van der Waals surface area contributed by atoms with Crippen LogP contribution in [0.15, 0.2) is 65.6 Å². The van der Waals surface area contributed by atoms with Gasteiger partial charge < -0.3 is 19.3 Å². The number of ether oxygens (including phenoxy) is 3. The van der Waals surface area contributed by atoms with Gasteiger partial charge in [-0.05, 0) is 67.8 Å². The van der Waals surface area contributed by atoms with Crippen LogP contribution >= 0.6 is 0 Å². The standard InChI is InChI=1S/C28H30FNO7S/c1-28(2,32)27(31)13-9-21-17-30(38(33,34)22-10-11-23(29)26(16-22)36-4)24-15-19(8-12-25(24)37-21)18-6-5-7-20(14-18)35-3/h5-8,10-12,14-16,21,32H,9,13,17H2,1-4H3/t21-/m0/s1. The number of benzene rings is 3. The van der Waals surface area contributed by atoms with Crippen LogP contribution in [0.3, 0.4) is 0 Å². The summed E-state index contributed by atoms with van der Waals surface area (Å²) in [6.45, 7) is 2.73. The number of sulfonamides is 1. The lowest BCUT2D eigenvalue weighted by Gasteiger charge is -2.36. The van der Waals surface area contributed by atoms with Gasteiger partial charge in [0.1, 0.15) is 23.2 Å². The van der Waals surface area contributed by atoms with Crippen molar-refractivity contribution in [1.82, 2.24) is 0 Å². The van der Waals surface area contributed by atoms with Crippen molar-refractivity contribution in [2.45, 2.75) is 43.3 Å². The third-order valence-corrected chi connectivity index (χ3v) is 8.16. The largest absolute Gasteiger partial charge is 0.497 e. The molecular formula is C28H30FNO7S. The van der Waals surface area contributed by atoms with Crippen molar-refractivity contribution in [2.24, 2.45) is 0 Å². The number of rotatable bonds is 9. The summed E-state index contributed by atoms with van der Waals surface area (Å²) < 4.78 is 59.5. The summed E-state index contributed by atoms with van der Waals surface area (Å²) in [7, 11) is -1.37. The van der Waals surface area contributed by atoms with E-state index >= 15 is 0 Å². The van der Waals surface area contributed by atoms with E-state index in [0.29, 0.717) is 17.2 Å². The molecule has 0 radical (unpaired) electrons. The monoisotopic (exact) mass is 543 g/mol. The molecule has 0 saturated heterocycles. The third-order valence-electron chi connectivity index (χ3n) is 6.38. The SMILES string of the molecule is COc1cccc(-c2ccc3c(c2)N(S(=O)(=O)c2ccc(F)c(OC)c2)C[C@H](CCC(=O)C(C)(C)O)O3)c1. The summed E-state index contributed by atoms with van der Waals surface area (Å²) in [6, 6.07) is 15.9. The van der Waals surface area contributed by atoms with Gasteiger partial charge in [0.25, 0.3) is 10.0 Å². The van der Waals surface area contributed by atoms with Crippen LogP contribution < -0.4 is 18.5 Å². The van der Waals surface area contributed by atoms with Crippen LogP contribution in [0.5, 0.6) is 17.2 Å². The first kappa shape index (κ1) is 27.4. The Labute approximate surface area is 221 Å². The zero-order chi connectivity index (χ0) is 27.7. The number of Topliss-reactive ketones (excluding diaryl/α,β-unsaturated/α-hetero) is 1. The average Bonchev–Trinajstić information content (AvgIpc) is 2.90. The van der Waals surface area contributed by atoms with E-state index in [9.17, 15) is 22.7 Å². The molecule has 1 atom stereocenters. The number of hydrogen-bond acceptors (Lipinski definition) is 7. The van der Waals surface area contributed by atoms with Gasteiger partial charge >= 0.3 is 0 Å². The van der Waals surface area contributed by atoms with E-state index in [-0.39, 0.29) is 35.8 Å². The number of hydrogen-bond donors (Lipinski definition) is 1. The van der Waals surface area contributed by atoms with Gasteiger partial charge in [0, 0.05) is 12.5 Å². The number of halogens is 1. The topological polar surface area (TPSA) is 102 Å². The second kappa shape index (κ2) is 10.6. The van der Waals surface area contributed by atoms with Crippen LogP contribution in [0.1, 0.15) is 26.7 Å². The number of anilines is 1. The van der Waals surface area contributed by atoms with E-state index in [1.807, 2.05) is 30.3 Å². The zero-order valence-electron chi connectivity index (χ0n) is 21.6. The smallest absolute Gasteiger partial charge is 0.264 e. The molecule has 202 valence electrons. The number of carbonyl (C=O) groups is 1. The Bertz CT molecular complexity index is 1450. The highest BCUT2D eigenvalue weighted by Gasteiger charge is 2.36. The highest BCUT2D eigenvalue weighted by molar-refractivity contribution is 7.92. The van der Waals surface area contributed by atoms with Crippen LogP contribution in [-0.2, 0) is 14.8 Å². The second-order valence-electron chi connectivity index (χ2n) is 9.51. The Balaban J connectivity index is 1.77. The molecule has 3 aromatic carbocycles. The minimum atomic E-state index is -4.19. The number of carbonyl (C=O) groups excluding carboxylic acids is 1.